The van der Waals surface area contributed by atoms with E-state index >= 15 is 0 Å². The number of hydrogen-bond acceptors (Lipinski definition) is 3. The Morgan fingerprint density at radius 1 is 1.38 bits per heavy atom. The van der Waals surface area contributed by atoms with Crippen LogP contribution in [0.5, 0.6) is 0 Å². The van der Waals surface area contributed by atoms with Gasteiger partial charge in [-0.1, -0.05) is 0 Å². The molecule has 0 aromatic heterocycles. The van der Waals surface area contributed by atoms with E-state index in [4.69, 9.17) is 11.7 Å². The first-order chi connectivity index (χ1) is 6.27. The van der Waals surface area contributed by atoms with Gasteiger partial charge in [0, 0.05) is 26.2 Å². The molecule has 1 amide bonds. The standard InChI is InChI=1S/C9H11N3O/c1-2-9(13)12-7-5-11(4-3-10)6-8-12/h1H,4-8H2. The highest BCUT2D eigenvalue weighted by Crippen LogP contribution is 2.00. The molecule has 0 bridgehead atoms. The van der Waals surface area contributed by atoms with E-state index in [1.807, 2.05) is 4.90 Å². The van der Waals surface area contributed by atoms with Crippen molar-refractivity contribution in [1.29, 1.82) is 5.26 Å². The summed E-state index contributed by atoms with van der Waals surface area (Å²) in [7, 11) is 0. The van der Waals surface area contributed by atoms with Crippen molar-refractivity contribution in [2.24, 2.45) is 0 Å². The number of carbonyl (C=O) groups excluding carboxylic acids is 1. The zero-order valence-corrected chi connectivity index (χ0v) is 7.36. The monoisotopic (exact) mass is 177 g/mol. The van der Waals surface area contributed by atoms with Gasteiger partial charge in [0.2, 0.25) is 0 Å². The number of nitrogens with zero attached hydrogens (tertiary/aromatic N) is 3. The van der Waals surface area contributed by atoms with Gasteiger partial charge >= 0.3 is 0 Å². The van der Waals surface area contributed by atoms with Crippen molar-refractivity contribution in [1.82, 2.24) is 9.80 Å². The van der Waals surface area contributed by atoms with Gasteiger partial charge in [-0.2, -0.15) is 5.26 Å². The quantitative estimate of drug-likeness (QED) is 0.392. The first-order valence-electron chi connectivity index (χ1n) is 4.12. The van der Waals surface area contributed by atoms with Gasteiger partial charge < -0.3 is 4.90 Å². The second-order valence-electron chi connectivity index (χ2n) is 2.87. The molecule has 1 heterocycles. The van der Waals surface area contributed by atoms with Crippen LogP contribution in [0.15, 0.2) is 0 Å². The van der Waals surface area contributed by atoms with E-state index in [0.29, 0.717) is 19.6 Å². The van der Waals surface area contributed by atoms with Gasteiger partial charge in [0.1, 0.15) is 0 Å². The lowest BCUT2D eigenvalue weighted by Crippen LogP contribution is -2.48. The molecule has 0 unspecified atom stereocenters. The predicted molar refractivity (Wildman–Crippen MR) is 47.5 cm³/mol. The fraction of sp³-hybridized carbons (Fsp3) is 0.556. The zero-order chi connectivity index (χ0) is 9.68. The van der Waals surface area contributed by atoms with E-state index in [1.165, 1.54) is 0 Å². The molecule has 0 radical (unpaired) electrons. The summed E-state index contributed by atoms with van der Waals surface area (Å²) in [6.45, 7) is 3.16. The van der Waals surface area contributed by atoms with Crippen molar-refractivity contribution in [3.63, 3.8) is 0 Å². The van der Waals surface area contributed by atoms with Crippen LogP contribution in [-0.2, 0) is 4.79 Å². The number of nitriles is 1. The van der Waals surface area contributed by atoms with Crippen LogP contribution in [-0.4, -0.2) is 48.4 Å². The maximum absolute atomic E-state index is 11.0. The van der Waals surface area contributed by atoms with Crippen LogP contribution in [0.1, 0.15) is 0 Å². The number of terminal acetylenes is 1. The molecule has 0 aromatic rings. The highest BCUT2D eigenvalue weighted by molar-refractivity contribution is 5.92. The van der Waals surface area contributed by atoms with Crippen LogP contribution in [0.3, 0.4) is 0 Å². The Hall–Kier alpha value is -1.52. The molecule has 0 saturated carbocycles. The molecule has 68 valence electrons. The van der Waals surface area contributed by atoms with Crippen LogP contribution in [0.4, 0.5) is 0 Å². The second-order valence-corrected chi connectivity index (χ2v) is 2.87. The van der Waals surface area contributed by atoms with E-state index < -0.39 is 0 Å². The Bertz CT molecular complexity index is 266. The minimum atomic E-state index is -0.253. The van der Waals surface area contributed by atoms with Crippen molar-refractivity contribution in [2.45, 2.75) is 0 Å². The van der Waals surface area contributed by atoms with E-state index in [9.17, 15) is 4.79 Å². The SMILES string of the molecule is C#CC(=O)N1CCN(CC#N)CC1. The van der Waals surface area contributed by atoms with Gasteiger partial charge in [-0.25, -0.2) is 0 Å². The summed E-state index contributed by atoms with van der Waals surface area (Å²) in [6, 6.07) is 2.08. The Labute approximate surface area is 77.7 Å². The summed E-state index contributed by atoms with van der Waals surface area (Å²) >= 11 is 0. The van der Waals surface area contributed by atoms with Crippen molar-refractivity contribution in [3.8, 4) is 18.4 Å². The van der Waals surface area contributed by atoms with Crippen molar-refractivity contribution >= 4 is 5.91 Å². The number of amides is 1. The highest BCUT2D eigenvalue weighted by atomic mass is 16.2. The Kier molecular flexibility index (Phi) is 3.31. The smallest absolute Gasteiger partial charge is 0.298 e. The van der Waals surface area contributed by atoms with Crippen LogP contribution in [0.25, 0.3) is 0 Å². The summed E-state index contributed by atoms with van der Waals surface area (Å²) in [6.07, 6.45) is 4.99. The zero-order valence-electron chi connectivity index (χ0n) is 7.36. The molecular weight excluding hydrogens is 166 g/mol. The summed E-state index contributed by atoms with van der Waals surface area (Å²) < 4.78 is 0. The van der Waals surface area contributed by atoms with Crippen LogP contribution < -0.4 is 0 Å². The van der Waals surface area contributed by atoms with E-state index in [2.05, 4.69) is 12.0 Å². The van der Waals surface area contributed by atoms with Crippen LogP contribution in [0, 0.1) is 23.7 Å². The maximum atomic E-state index is 11.0. The highest BCUT2D eigenvalue weighted by Gasteiger charge is 2.18. The van der Waals surface area contributed by atoms with Gasteiger partial charge in [0.25, 0.3) is 5.91 Å². The molecule has 0 N–H and O–H groups in total. The lowest BCUT2D eigenvalue weighted by molar-refractivity contribution is -0.126. The van der Waals surface area contributed by atoms with Crippen molar-refractivity contribution in [2.75, 3.05) is 32.7 Å². The molecule has 1 fully saturated rings. The van der Waals surface area contributed by atoms with Crippen molar-refractivity contribution < 1.29 is 4.79 Å². The van der Waals surface area contributed by atoms with E-state index in [1.54, 1.807) is 4.90 Å². The van der Waals surface area contributed by atoms with Crippen LogP contribution in [0.2, 0.25) is 0 Å². The normalized spacial score (nSPS) is 17.5. The number of carbonyl (C=O) groups is 1. The summed E-state index contributed by atoms with van der Waals surface area (Å²) in [5.74, 6) is 1.83. The van der Waals surface area contributed by atoms with Crippen LogP contribution >= 0.6 is 0 Å². The minimum absolute atomic E-state index is 0.253. The Balaban J connectivity index is 2.36. The third-order valence-electron chi connectivity index (χ3n) is 2.08. The molecule has 4 heteroatoms. The third kappa shape index (κ3) is 2.47. The Morgan fingerprint density at radius 2 is 2.00 bits per heavy atom. The van der Waals surface area contributed by atoms with Crippen molar-refractivity contribution in [3.05, 3.63) is 0 Å². The molecule has 0 spiro atoms. The fourth-order valence-corrected chi connectivity index (χ4v) is 1.30. The average molecular weight is 177 g/mol. The molecule has 1 aliphatic rings. The number of piperazine rings is 1. The molecule has 0 atom stereocenters. The topological polar surface area (TPSA) is 47.3 Å². The molecule has 13 heavy (non-hydrogen) atoms. The molecular formula is C9H11N3O. The van der Waals surface area contributed by atoms with Gasteiger partial charge in [0.05, 0.1) is 12.6 Å². The predicted octanol–water partition coefficient (Wildman–Crippen LogP) is -0.713. The molecule has 0 aliphatic carbocycles. The lowest BCUT2D eigenvalue weighted by Gasteiger charge is -2.32. The average Bonchev–Trinajstić information content (AvgIpc) is 2.18. The first-order valence-corrected chi connectivity index (χ1v) is 4.12. The first kappa shape index (κ1) is 9.57. The van der Waals surface area contributed by atoms with E-state index in [-0.39, 0.29) is 5.91 Å². The molecule has 0 aromatic carbocycles. The third-order valence-corrected chi connectivity index (χ3v) is 2.08. The molecule has 1 saturated heterocycles. The molecule has 1 aliphatic heterocycles. The fourth-order valence-electron chi connectivity index (χ4n) is 1.30. The summed E-state index contributed by atoms with van der Waals surface area (Å²) in [5.41, 5.74) is 0. The lowest BCUT2D eigenvalue weighted by atomic mass is 10.3. The minimum Gasteiger partial charge on any atom is -0.329 e. The number of rotatable bonds is 1. The van der Waals surface area contributed by atoms with Gasteiger partial charge in [-0.05, 0) is 5.92 Å². The summed E-state index contributed by atoms with van der Waals surface area (Å²) in [4.78, 5) is 14.7. The Morgan fingerprint density at radius 3 is 2.46 bits per heavy atom. The van der Waals surface area contributed by atoms with Gasteiger partial charge in [-0.15, -0.1) is 6.42 Å². The van der Waals surface area contributed by atoms with E-state index in [0.717, 1.165) is 13.1 Å². The summed E-state index contributed by atoms with van der Waals surface area (Å²) in [5, 5.41) is 8.44. The van der Waals surface area contributed by atoms with Gasteiger partial charge in [-0.3, -0.25) is 9.69 Å². The number of hydrogen-bond donors (Lipinski definition) is 0. The molecule has 1 rings (SSSR count). The molecule has 4 nitrogen and oxygen atoms in total. The van der Waals surface area contributed by atoms with Gasteiger partial charge in [0.15, 0.2) is 0 Å². The second kappa shape index (κ2) is 4.49. The maximum Gasteiger partial charge on any atom is 0.298 e. The largest absolute Gasteiger partial charge is 0.329 e.